The molecule has 1 heterocycles. The van der Waals surface area contributed by atoms with Gasteiger partial charge in [0.25, 0.3) is 11.8 Å². The molecule has 2 aromatic rings. The van der Waals surface area contributed by atoms with Crippen LogP contribution in [-0.2, 0) is 4.79 Å². The van der Waals surface area contributed by atoms with Crippen molar-refractivity contribution in [3.63, 3.8) is 0 Å². The Morgan fingerprint density at radius 1 is 1.00 bits per heavy atom. The number of rotatable bonds is 3. The summed E-state index contributed by atoms with van der Waals surface area (Å²) in [4.78, 5) is 34.8. The highest BCUT2D eigenvalue weighted by molar-refractivity contribution is 6.30. The Kier molecular flexibility index (Phi) is 3.99. The third kappa shape index (κ3) is 3.32. The second-order valence-electron chi connectivity index (χ2n) is 4.98. The number of amides is 4. The Bertz CT molecular complexity index is 772. The first-order valence-corrected chi connectivity index (χ1v) is 7.19. The van der Waals surface area contributed by atoms with Crippen LogP contribution in [0.4, 0.5) is 10.5 Å². The molecular formula is C16H12ClN3O3. The van der Waals surface area contributed by atoms with Gasteiger partial charge >= 0.3 is 6.03 Å². The molecule has 1 aliphatic rings. The van der Waals surface area contributed by atoms with Gasteiger partial charge in [-0.15, -0.1) is 0 Å². The second-order valence-corrected chi connectivity index (χ2v) is 5.42. The summed E-state index contributed by atoms with van der Waals surface area (Å²) < 4.78 is 0. The van der Waals surface area contributed by atoms with Crippen molar-refractivity contribution in [1.82, 2.24) is 10.6 Å². The highest BCUT2D eigenvalue weighted by Crippen LogP contribution is 2.19. The van der Waals surface area contributed by atoms with Crippen LogP contribution in [0.5, 0.6) is 0 Å². The monoisotopic (exact) mass is 329 g/mol. The molecule has 0 aliphatic carbocycles. The van der Waals surface area contributed by atoms with Gasteiger partial charge in [0, 0.05) is 16.3 Å². The molecule has 1 atom stereocenters. The first-order chi connectivity index (χ1) is 11.0. The summed E-state index contributed by atoms with van der Waals surface area (Å²) in [7, 11) is 0. The van der Waals surface area contributed by atoms with Crippen molar-refractivity contribution in [1.29, 1.82) is 0 Å². The van der Waals surface area contributed by atoms with Crippen LogP contribution >= 0.6 is 11.6 Å². The van der Waals surface area contributed by atoms with Crippen molar-refractivity contribution >= 4 is 35.1 Å². The number of hydrogen-bond donors (Lipinski definition) is 3. The van der Waals surface area contributed by atoms with Crippen LogP contribution in [0.1, 0.15) is 22.0 Å². The number of carbonyl (C=O) groups is 3. The Morgan fingerprint density at radius 3 is 2.22 bits per heavy atom. The van der Waals surface area contributed by atoms with Crippen molar-refractivity contribution < 1.29 is 14.4 Å². The van der Waals surface area contributed by atoms with E-state index in [4.69, 9.17) is 11.6 Å². The van der Waals surface area contributed by atoms with Gasteiger partial charge in [-0.05, 0) is 42.0 Å². The smallest absolute Gasteiger partial charge is 0.322 e. The van der Waals surface area contributed by atoms with Crippen LogP contribution in [0.3, 0.4) is 0 Å². The lowest BCUT2D eigenvalue weighted by molar-refractivity contribution is -0.120. The van der Waals surface area contributed by atoms with Crippen LogP contribution in [0.15, 0.2) is 48.5 Å². The van der Waals surface area contributed by atoms with E-state index in [-0.39, 0.29) is 5.91 Å². The standard InChI is InChI=1S/C16H12ClN3O3/c17-11-5-1-10(2-6-11)14(21)18-12-7-3-9(4-8-12)13-15(22)20-16(23)19-13/h1-8,13H,(H,18,21)(H2,19,20,22,23). The minimum atomic E-state index is -0.705. The summed E-state index contributed by atoms with van der Waals surface area (Å²) in [6.45, 7) is 0. The van der Waals surface area contributed by atoms with Gasteiger partial charge in [0.05, 0.1) is 0 Å². The molecule has 1 unspecified atom stereocenters. The van der Waals surface area contributed by atoms with E-state index in [0.717, 1.165) is 0 Å². The van der Waals surface area contributed by atoms with Gasteiger partial charge in [0.2, 0.25) is 0 Å². The number of imide groups is 1. The van der Waals surface area contributed by atoms with E-state index in [9.17, 15) is 14.4 Å². The third-order valence-corrected chi connectivity index (χ3v) is 3.63. The topological polar surface area (TPSA) is 87.3 Å². The predicted octanol–water partition coefficient (Wildman–Crippen LogP) is 2.47. The molecule has 1 fully saturated rings. The summed E-state index contributed by atoms with van der Waals surface area (Å²) in [5.41, 5.74) is 1.71. The maximum atomic E-state index is 12.1. The molecule has 0 radical (unpaired) electrons. The van der Waals surface area contributed by atoms with E-state index >= 15 is 0 Å². The molecule has 3 N–H and O–H groups in total. The fraction of sp³-hybridized carbons (Fsp3) is 0.0625. The molecule has 0 saturated carbocycles. The van der Waals surface area contributed by atoms with Crippen molar-refractivity contribution in [2.24, 2.45) is 0 Å². The molecule has 1 saturated heterocycles. The Labute approximate surface area is 136 Å². The number of carbonyl (C=O) groups excluding carboxylic acids is 3. The van der Waals surface area contributed by atoms with E-state index in [1.165, 1.54) is 0 Å². The van der Waals surface area contributed by atoms with E-state index < -0.39 is 18.0 Å². The molecule has 1 aliphatic heterocycles. The fourth-order valence-corrected chi connectivity index (χ4v) is 2.34. The van der Waals surface area contributed by atoms with Gasteiger partial charge in [-0.1, -0.05) is 23.7 Å². The van der Waals surface area contributed by atoms with Crippen molar-refractivity contribution in [2.75, 3.05) is 5.32 Å². The lowest BCUT2D eigenvalue weighted by atomic mass is 10.1. The Morgan fingerprint density at radius 2 is 1.65 bits per heavy atom. The minimum absolute atomic E-state index is 0.263. The van der Waals surface area contributed by atoms with Crippen molar-refractivity contribution in [3.05, 3.63) is 64.7 Å². The zero-order valence-corrected chi connectivity index (χ0v) is 12.6. The van der Waals surface area contributed by atoms with Crippen molar-refractivity contribution in [3.8, 4) is 0 Å². The van der Waals surface area contributed by atoms with E-state index in [1.807, 2.05) is 0 Å². The Hall–Kier alpha value is -2.86. The zero-order chi connectivity index (χ0) is 16.4. The molecule has 4 amide bonds. The molecule has 7 heteroatoms. The molecule has 0 bridgehead atoms. The third-order valence-electron chi connectivity index (χ3n) is 3.38. The minimum Gasteiger partial charge on any atom is -0.322 e. The van der Waals surface area contributed by atoms with Crippen LogP contribution in [0.25, 0.3) is 0 Å². The average molecular weight is 330 g/mol. The second kappa shape index (κ2) is 6.10. The van der Waals surface area contributed by atoms with Crippen LogP contribution < -0.4 is 16.0 Å². The fourth-order valence-electron chi connectivity index (χ4n) is 2.21. The van der Waals surface area contributed by atoms with Gasteiger partial charge in [-0.3, -0.25) is 14.9 Å². The normalized spacial score (nSPS) is 16.7. The zero-order valence-electron chi connectivity index (χ0n) is 11.8. The van der Waals surface area contributed by atoms with E-state index in [0.29, 0.717) is 21.8 Å². The summed E-state index contributed by atoms with van der Waals surface area (Å²) in [6.07, 6.45) is 0. The summed E-state index contributed by atoms with van der Waals surface area (Å²) >= 11 is 5.78. The highest BCUT2D eigenvalue weighted by atomic mass is 35.5. The van der Waals surface area contributed by atoms with Gasteiger partial charge in [0.1, 0.15) is 6.04 Å². The van der Waals surface area contributed by atoms with Crippen molar-refractivity contribution in [2.45, 2.75) is 6.04 Å². The maximum Gasteiger partial charge on any atom is 0.322 e. The quantitative estimate of drug-likeness (QED) is 0.756. The molecule has 0 spiro atoms. The maximum absolute atomic E-state index is 12.1. The number of benzene rings is 2. The number of urea groups is 1. The summed E-state index contributed by atoms with van der Waals surface area (Å²) in [6, 6.07) is 12.0. The Balaban J connectivity index is 1.70. The first kappa shape index (κ1) is 15.1. The van der Waals surface area contributed by atoms with E-state index in [1.54, 1.807) is 48.5 Å². The molecule has 2 aromatic carbocycles. The molecule has 116 valence electrons. The lowest BCUT2D eigenvalue weighted by Crippen LogP contribution is -2.22. The predicted molar refractivity (Wildman–Crippen MR) is 85.3 cm³/mol. The van der Waals surface area contributed by atoms with Gasteiger partial charge < -0.3 is 10.6 Å². The molecule has 23 heavy (non-hydrogen) atoms. The number of anilines is 1. The molecule has 0 aromatic heterocycles. The number of halogens is 1. The van der Waals surface area contributed by atoms with E-state index in [2.05, 4.69) is 16.0 Å². The first-order valence-electron chi connectivity index (χ1n) is 6.81. The lowest BCUT2D eigenvalue weighted by Gasteiger charge is -2.09. The van der Waals surface area contributed by atoms with Gasteiger partial charge in [0.15, 0.2) is 0 Å². The largest absolute Gasteiger partial charge is 0.322 e. The molecular weight excluding hydrogens is 318 g/mol. The summed E-state index contributed by atoms with van der Waals surface area (Å²) in [5, 5.41) is 7.98. The molecule has 6 nitrogen and oxygen atoms in total. The van der Waals surface area contributed by atoms with Gasteiger partial charge in [-0.2, -0.15) is 0 Å². The molecule has 3 rings (SSSR count). The average Bonchev–Trinajstić information content (AvgIpc) is 2.87. The van der Waals surface area contributed by atoms with Crippen LogP contribution in [-0.4, -0.2) is 17.8 Å². The van der Waals surface area contributed by atoms with Gasteiger partial charge in [-0.25, -0.2) is 4.79 Å². The summed E-state index contributed by atoms with van der Waals surface area (Å²) in [5.74, 6) is -0.658. The van der Waals surface area contributed by atoms with Crippen LogP contribution in [0.2, 0.25) is 5.02 Å². The SMILES string of the molecule is O=C1NC(=O)C(c2ccc(NC(=O)c3ccc(Cl)cc3)cc2)N1. The highest BCUT2D eigenvalue weighted by Gasteiger charge is 2.30. The van der Waals surface area contributed by atoms with Crippen LogP contribution in [0, 0.1) is 0 Å². The number of hydrogen-bond acceptors (Lipinski definition) is 3. The number of nitrogens with one attached hydrogen (secondary N) is 3.